The summed E-state index contributed by atoms with van der Waals surface area (Å²) in [5, 5.41) is 4.26. The molecule has 0 saturated carbocycles. The fraction of sp³-hybridized carbons (Fsp3) is 0.333. The van der Waals surface area contributed by atoms with E-state index >= 15 is 0 Å². The van der Waals surface area contributed by atoms with Crippen molar-refractivity contribution in [1.29, 1.82) is 0 Å². The van der Waals surface area contributed by atoms with Gasteiger partial charge in [0.15, 0.2) is 0 Å². The number of hydrogen-bond donors (Lipinski definition) is 1. The van der Waals surface area contributed by atoms with Crippen LogP contribution < -0.4 is 5.32 Å². The average molecular weight is 225 g/mol. The van der Waals surface area contributed by atoms with Gasteiger partial charge in [0.2, 0.25) is 0 Å². The van der Waals surface area contributed by atoms with Gasteiger partial charge < -0.3 is 5.32 Å². The van der Waals surface area contributed by atoms with Crippen LogP contribution >= 0.6 is 22.7 Å². The highest BCUT2D eigenvalue weighted by Crippen LogP contribution is 2.30. The van der Waals surface area contributed by atoms with Crippen molar-refractivity contribution in [1.82, 2.24) is 15.3 Å². The highest BCUT2D eigenvalue weighted by Gasteiger charge is 2.09. The van der Waals surface area contributed by atoms with Crippen molar-refractivity contribution in [3.8, 4) is 9.88 Å². The Morgan fingerprint density at radius 2 is 2.29 bits per heavy atom. The van der Waals surface area contributed by atoms with E-state index in [1.165, 1.54) is 4.88 Å². The predicted molar refractivity (Wildman–Crippen MR) is 60.7 cm³/mol. The Balaban J connectivity index is 2.26. The molecule has 0 aliphatic heterocycles. The third kappa shape index (κ3) is 1.84. The fourth-order valence-electron chi connectivity index (χ4n) is 1.06. The van der Waals surface area contributed by atoms with Crippen molar-refractivity contribution in [2.75, 3.05) is 7.05 Å². The number of thiazole rings is 2. The summed E-state index contributed by atoms with van der Waals surface area (Å²) in [6.45, 7) is 2.13. The molecule has 1 unspecified atom stereocenters. The first kappa shape index (κ1) is 9.76. The number of nitrogens with one attached hydrogen (secondary N) is 1. The van der Waals surface area contributed by atoms with Crippen LogP contribution in [0.15, 0.2) is 17.9 Å². The molecule has 0 spiro atoms. The lowest BCUT2D eigenvalue weighted by Crippen LogP contribution is -2.10. The van der Waals surface area contributed by atoms with Crippen LogP contribution in [-0.4, -0.2) is 17.0 Å². The van der Waals surface area contributed by atoms with Gasteiger partial charge in [0, 0.05) is 23.3 Å². The molecule has 0 amide bonds. The minimum absolute atomic E-state index is 0.370. The van der Waals surface area contributed by atoms with Gasteiger partial charge >= 0.3 is 0 Å². The molecule has 0 saturated heterocycles. The van der Waals surface area contributed by atoms with Crippen LogP contribution in [0.2, 0.25) is 0 Å². The first-order valence-electron chi connectivity index (χ1n) is 4.33. The summed E-state index contributed by atoms with van der Waals surface area (Å²) >= 11 is 3.35. The maximum absolute atomic E-state index is 4.38. The van der Waals surface area contributed by atoms with E-state index < -0.39 is 0 Å². The molecule has 2 aromatic heterocycles. The summed E-state index contributed by atoms with van der Waals surface area (Å²) < 4.78 is 0. The van der Waals surface area contributed by atoms with Gasteiger partial charge in [-0.1, -0.05) is 0 Å². The summed E-state index contributed by atoms with van der Waals surface area (Å²) in [5.74, 6) is 0. The Morgan fingerprint density at radius 1 is 1.43 bits per heavy atom. The van der Waals surface area contributed by atoms with Gasteiger partial charge in [0.25, 0.3) is 0 Å². The van der Waals surface area contributed by atoms with Gasteiger partial charge in [-0.05, 0) is 14.0 Å². The molecule has 0 aliphatic rings. The highest BCUT2D eigenvalue weighted by molar-refractivity contribution is 7.20. The molecule has 0 radical (unpaired) electrons. The van der Waals surface area contributed by atoms with Crippen LogP contribution in [-0.2, 0) is 0 Å². The quantitative estimate of drug-likeness (QED) is 0.872. The van der Waals surface area contributed by atoms with Crippen LogP contribution in [0.5, 0.6) is 0 Å². The Bertz CT molecular complexity index is 394. The van der Waals surface area contributed by atoms with Crippen molar-refractivity contribution in [3.05, 3.63) is 22.8 Å². The zero-order valence-corrected chi connectivity index (χ0v) is 9.65. The summed E-state index contributed by atoms with van der Waals surface area (Å²) in [6.07, 6.45) is 3.79. The van der Waals surface area contributed by atoms with Gasteiger partial charge in [-0.25, -0.2) is 4.98 Å². The van der Waals surface area contributed by atoms with E-state index in [0.717, 1.165) is 9.88 Å². The van der Waals surface area contributed by atoms with E-state index in [0.29, 0.717) is 6.04 Å². The minimum atomic E-state index is 0.370. The molecule has 1 N–H and O–H groups in total. The van der Waals surface area contributed by atoms with Crippen molar-refractivity contribution >= 4 is 22.7 Å². The molecule has 74 valence electrons. The van der Waals surface area contributed by atoms with E-state index in [-0.39, 0.29) is 0 Å². The fourth-order valence-corrected chi connectivity index (χ4v) is 2.73. The molecule has 2 heterocycles. The van der Waals surface area contributed by atoms with E-state index in [2.05, 4.69) is 22.2 Å². The first-order chi connectivity index (χ1) is 6.81. The zero-order chi connectivity index (χ0) is 9.97. The second-order valence-electron chi connectivity index (χ2n) is 2.94. The number of nitrogens with zero attached hydrogens (tertiary/aromatic N) is 2. The van der Waals surface area contributed by atoms with Crippen LogP contribution in [0.3, 0.4) is 0 Å². The Morgan fingerprint density at radius 3 is 2.93 bits per heavy atom. The molecule has 2 aromatic rings. The Kier molecular flexibility index (Phi) is 2.90. The molecule has 5 heteroatoms. The lowest BCUT2D eigenvalue weighted by Gasteiger charge is -2.04. The van der Waals surface area contributed by atoms with Crippen LogP contribution in [0.25, 0.3) is 9.88 Å². The van der Waals surface area contributed by atoms with Gasteiger partial charge in [0.1, 0.15) is 5.01 Å². The average Bonchev–Trinajstić information content (AvgIpc) is 2.86. The van der Waals surface area contributed by atoms with E-state index in [1.807, 2.05) is 25.0 Å². The van der Waals surface area contributed by atoms with Gasteiger partial charge in [-0.2, -0.15) is 0 Å². The third-order valence-electron chi connectivity index (χ3n) is 2.03. The largest absolute Gasteiger partial charge is 0.312 e. The first-order valence-corrected chi connectivity index (χ1v) is 6.02. The van der Waals surface area contributed by atoms with Crippen LogP contribution in [0, 0.1) is 0 Å². The molecule has 0 bridgehead atoms. The highest BCUT2D eigenvalue weighted by atomic mass is 32.1. The standard InChI is InChI=1S/C9H11N3S2/c1-6(10-2)7-4-12-9(14-7)8-3-11-5-13-8/h3-6,10H,1-2H3. The van der Waals surface area contributed by atoms with E-state index in [4.69, 9.17) is 0 Å². The molecule has 14 heavy (non-hydrogen) atoms. The maximum Gasteiger partial charge on any atom is 0.135 e. The molecule has 0 aromatic carbocycles. The van der Waals surface area contributed by atoms with Gasteiger partial charge in [0.05, 0.1) is 10.4 Å². The summed E-state index contributed by atoms with van der Waals surface area (Å²) in [4.78, 5) is 10.8. The van der Waals surface area contributed by atoms with Gasteiger partial charge in [-0.3, -0.25) is 4.98 Å². The van der Waals surface area contributed by atoms with E-state index in [1.54, 1.807) is 22.7 Å². The van der Waals surface area contributed by atoms with Crippen molar-refractivity contribution in [2.45, 2.75) is 13.0 Å². The van der Waals surface area contributed by atoms with Crippen LogP contribution in [0.4, 0.5) is 0 Å². The molecule has 0 aliphatic carbocycles. The van der Waals surface area contributed by atoms with Crippen molar-refractivity contribution in [3.63, 3.8) is 0 Å². The van der Waals surface area contributed by atoms with Crippen molar-refractivity contribution < 1.29 is 0 Å². The van der Waals surface area contributed by atoms with Gasteiger partial charge in [-0.15, -0.1) is 22.7 Å². The third-order valence-corrected chi connectivity index (χ3v) is 4.15. The summed E-state index contributed by atoms with van der Waals surface area (Å²) in [6, 6.07) is 0.370. The topological polar surface area (TPSA) is 37.8 Å². The smallest absolute Gasteiger partial charge is 0.135 e. The monoisotopic (exact) mass is 225 g/mol. The summed E-state index contributed by atoms with van der Waals surface area (Å²) in [5.41, 5.74) is 1.83. The molecular formula is C9H11N3S2. The van der Waals surface area contributed by atoms with E-state index in [9.17, 15) is 0 Å². The maximum atomic E-state index is 4.38. The lowest BCUT2D eigenvalue weighted by molar-refractivity contribution is 0.662. The molecular weight excluding hydrogens is 214 g/mol. The minimum Gasteiger partial charge on any atom is -0.312 e. The SMILES string of the molecule is CNC(C)c1cnc(-c2cncs2)s1. The molecule has 0 fully saturated rings. The second-order valence-corrected chi connectivity index (χ2v) is 4.89. The Hall–Kier alpha value is -0.780. The van der Waals surface area contributed by atoms with Crippen LogP contribution in [0.1, 0.15) is 17.8 Å². The number of aromatic nitrogens is 2. The number of rotatable bonds is 3. The molecule has 1 atom stereocenters. The second kappa shape index (κ2) is 4.16. The predicted octanol–water partition coefficient (Wildman–Crippen LogP) is 2.55. The number of hydrogen-bond acceptors (Lipinski definition) is 5. The molecule has 3 nitrogen and oxygen atoms in total. The van der Waals surface area contributed by atoms with Crippen molar-refractivity contribution in [2.24, 2.45) is 0 Å². The summed E-state index contributed by atoms with van der Waals surface area (Å²) in [7, 11) is 1.96. The molecule has 2 rings (SSSR count). The lowest BCUT2D eigenvalue weighted by atomic mass is 10.3. The zero-order valence-electron chi connectivity index (χ0n) is 8.02. The normalized spacial score (nSPS) is 13.0. The Labute approximate surface area is 90.9 Å².